The topological polar surface area (TPSA) is 17.1 Å². The van der Waals surface area contributed by atoms with Gasteiger partial charge in [0, 0.05) is 10.0 Å². The van der Waals surface area contributed by atoms with Gasteiger partial charge >= 0.3 is 0 Å². The van der Waals surface area contributed by atoms with Gasteiger partial charge in [-0.1, -0.05) is 15.9 Å². The molecule has 0 heterocycles. The number of allylic oxidation sites excluding steroid dienone is 1. The highest BCUT2D eigenvalue weighted by Crippen LogP contribution is 2.16. The third kappa shape index (κ3) is 2.27. The second-order valence-corrected chi connectivity index (χ2v) is 3.08. The normalized spacial score (nSPS) is 10.5. The number of rotatable bonds is 2. The molecule has 0 unspecified atom stereocenters. The van der Waals surface area contributed by atoms with E-state index in [-0.39, 0.29) is 5.82 Å². The van der Waals surface area contributed by atoms with Crippen LogP contribution in [0.1, 0.15) is 5.56 Å². The lowest BCUT2D eigenvalue weighted by Gasteiger charge is -1.95. The second kappa shape index (κ2) is 4.16. The summed E-state index contributed by atoms with van der Waals surface area (Å²) in [5, 5.41) is 0. The van der Waals surface area contributed by atoms with E-state index in [1.54, 1.807) is 12.1 Å². The summed E-state index contributed by atoms with van der Waals surface area (Å²) in [6.07, 6.45) is 3.29. The summed E-state index contributed by atoms with van der Waals surface area (Å²) in [7, 11) is 0. The molecule has 0 aliphatic rings. The van der Waals surface area contributed by atoms with Crippen LogP contribution >= 0.6 is 15.9 Å². The van der Waals surface area contributed by atoms with Crippen LogP contribution in [0.3, 0.4) is 0 Å². The highest BCUT2D eigenvalue weighted by atomic mass is 79.9. The molecule has 0 spiro atoms. The molecule has 0 saturated heterocycles. The van der Waals surface area contributed by atoms with Crippen LogP contribution in [0, 0.1) is 5.82 Å². The third-order valence-electron chi connectivity index (χ3n) is 1.31. The van der Waals surface area contributed by atoms with Gasteiger partial charge in [0.2, 0.25) is 0 Å². The predicted molar refractivity (Wildman–Crippen MR) is 49.2 cm³/mol. The fourth-order valence-electron chi connectivity index (χ4n) is 0.785. The molecular weight excluding hydrogens is 223 g/mol. The minimum atomic E-state index is -0.337. The Hall–Kier alpha value is -0.960. The fraction of sp³-hybridized carbons (Fsp3) is 0. The largest absolute Gasteiger partial charge is 0.299 e. The zero-order chi connectivity index (χ0) is 8.97. The minimum absolute atomic E-state index is 0.337. The quantitative estimate of drug-likeness (QED) is 0.562. The van der Waals surface area contributed by atoms with Crippen molar-refractivity contribution in [2.24, 2.45) is 0 Å². The van der Waals surface area contributed by atoms with Crippen molar-refractivity contribution in [3.8, 4) is 0 Å². The Kier molecular flexibility index (Phi) is 3.17. The van der Waals surface area contributed by atoms with E-state index in [4.69, 9.17) is 0 Å². The lowest BCUT2D eigenvalue weighted by atomic mass is 10.2. The molecule has 0 amide bonds. The summed E-state index contributed by atoms with van der Waals surface area (Å²) in [4.78, 5) is 9.95. The van der Waals surface area contributed by atoms with Gasteiger partial charge in [-0.25, -0.2) is 4.39 Å². The first-order chi connectivity index (χ1) is 5.74. The van der Waals surface area contributed by atoms with Gasteiger partial charge in [-0.2, -0.15) is 0 Å². The molecule has 1 rings (SSSR count). The first-order valence-corrected chi connectivity index (χ1v) is 4.10. The number of halogens is 2. The molecule has 1 aromatic carbocycles. The van der Waals surface area contributed by atoms with Gasteiger partial charge < -0.3 is 0 Å². The number of hydrogen-bond donors (Lipinski definition) is 0. The van der Waals surface area contributed by atoms with Crippen LogP contribution in [-0.4, -0.2) is 6.29 Å². The van der Waals surface area contributed by atoms with Crippen molar-refractivity contribution in [3.63, 3.8) is 0 Å². The van der Waals surface area contributed by atoms with E-state index < -0.39 is 0 Å². The standard InChI is InChI=1S/C9H6BrFO/c10-8-3-4-9(11)7(6-8)2-1-5-12/h1-6H. The van der Waals surface area contributed by atoms with Crippen LogP contribution in [0.15, 0.2) is 28.7 Å². The van der Waals surface area contributed by atoms with Crippen molar-refractivity contribution in [1.29, 1.82) is 0 Å². The number of carbonyl (C=O) groups is 1. The lowest BCUT2D eigenvalue weighted by Crippen LogP contribution is -1.80. The maximum absolute atomic E-state index is 12.9. The van der Waals surface area contributed by atoms with E-state index >= 15 is 0 Å². The first-order valence-electron chi connectivity index (χ1n) is 3.31. The molecule has 0 aliphatic carbocycles. The summed E-state index contributed by atoms with van der Waals surface area (Å²) in [5.41, 5.74) is 0.400. The molecule has 0 radical (unpaired) electrons. The Morgan fingerprint density at radius 3 is 2.83 bits per heavy atom. The van der Waals surface area contributed by atoms with E-state index in [9.17, 15) is 9.18 Å². The Labute approximate surface area is 78.0 Å². The molecule has 0 aliphatic heterocycles. The third-order valence-corrected chi connectivity index (χ3v) is 1.81. The summed E-state index contributed by atoms with van der Waals surface area (Å²) in [5.74, 6) is -0.337. The number of carbonyl (C=O) groups excluding carboxylic acids is 1. The van der Waals surface area contributed by atoms with Crippen molar-refractivity contribution in [2.45, 2.75) is 0 Å². The van der Waals surface area contributed by atoms with Gasteiger partial charge in [0.05, 0.1) is 0 Å². The maximum atomic E-state index is 12.9. The van der Waals surface area contributed by atoms with Crippen molar-refractivity contribution in [3.05, 3.63) is 40.1 Å². The zero-order valence-electron chi connectivity index (χ0n) is 6.13. The van der Waals surface area contributed by atoms with Crippen molar-refractivity contribution in [1.82, 2.24) is 0 Å². The van der Waals surface area contributed by atoms with Gasteiger partial charge in [-0.05, 0) is 30.4 Å². The SMILES string of the molecule is O=CC=Cc1cc(Br)ccc1F. The summed E-state index contributed by atoms with van der Waals surface area (Å²) < 4.78 is 13.7. The highest BCUT2D eigenvalue weighted by Gasteiger charge is 1.97. The van der Waals surface area contributed by atoms with E-state index in [0.717, 1.165) is 4.47 Å². The van der Waals surface area contributed by atoms with E-state index in [1.165, 1.54) is 18.2 Å². The fourth-order valence-corrected chi connectivity index (χ4v) is 1.16. The minimum Gasteiger partial charge on any atom is -0.299 e. The monoisotopic (exact) mass is 228 g/mol. The molecule has 0 saturated carbocycles. The van der Waals surface area contributed by atoms with Crippen molar-refractivity contribution in [2.75, 3.05) is 0 Å². The molecule has 0 bridgehead atoms. The van der Waals surface area contributed by atoms with Crippen LogP contribution in [0.5, 0.6) is 0 Å². The average molecular weight is 229 g/mol. The van der Waals surface area contributed by atoms with Crippen LogP contribution in [0.25, 0.3) is 6.08 Å². The van der Waals surface area contributed by atoms with E-state index in [0.29, 0.717) is 11.8 Å². The van der Waals surface area contributed by atoms with E-state index in [1.807, 2.05) is 0 Å². The smallest absolute Gasteiger partial charge is 0.142 e. The Bertz CT molecular complexity index is 320. The van der Waals surface area contributed by atoms with Gasteiger partial charge in [-0.3, -0.25) is 4.79 Å². The molecular formula is C9H6BrFO. The number of aldehydes is 1. The highest BCUT2D eigenvalue weighted by molar-refractivity contribution is 9.10. The van der Waals surface area contributed by atoms with E-state index in [2.05, 4.69) is 15.9 Å². The molecule has 0 fully saturated rings. The van der Waals surface area contributed by atoms with Crippen molar-refractivity contribution >= 4 is 28.3 Å². The predicted octanol–water partition coefficient (Wildman–Crippen LogP) is 2.80. The number of hydrogen-bond acceptors (Lipinski definition) is 1. The molecule has 0 atom stereocenters. The number of benzene rings is 1. The molecule has 1 aromatic rings. The first kappa shape index (κ1) is 9.13. The second-order valence-electron chi connectivity index (χ2n) is 2.16. The molecule has 62 valence electrons. The van der Waals surface area contributed by atoms with Crippen LogP contribution in [0.2, 0.25) is 0 Å². The average Bonchev–Trinajstić information content (AvgIpc) is 2.07. The Morgan fingerprint density at radius 1 is 1.42 bits per heavy atom. The van der Waals surface area contributed by atoms with Crippen LogP contribution in [0.4, 0.5) is 4.39 Å². The Morgan fingerprint density at radius 2 is 2.17 bits per heavy atom. The summed E-state index contributed by atoms with van der Waals surface area (Å²) in [6, 6.07) is 4.55. The van der Waals surface area contributed by atoms with Crippen LogP contribution in [-0.2, 0) is 4.79 Å². The summed E-state index contributed by atoms with van der Waals surface area (Å²) in [6.45, 7) is 0. The molecule has 1 nitrogen and oxygen atoms in total. The van der Waals surface area contributed by atoms with Gasteiger partial charge in [0.25, 0.3) is 0 Å². The molecule has 12 heavy (non-hydrogen) atoms. The molecule has 0 aromatic heterocycles. The van der Waals surface area contributed by atoms with Crippen molar-refractivity contribution < 1.29 is 9.18 Å². The maximum Gasteiger partial charge on any atom is 0.142 e. The van der Waals surface area contributed by atoms with Gasteiger partial charge in [-0.15, -0.1) is 0 Å². The zero-order valence-corrected chi connectivity index (χ0v) is 7.71. The molecule has 3 heteroatoms. The van der Waals surface area contributed by atoms with Crippen LogP contribution < -0.4 is 0 Å². The van der Waals surface area contributed by atoms with Gasteiger partial charge in [0.1, 0.15) is 12.1 Å². The lowest BCUT2D eigenvalue weighted by molar-refractivity contribution is -0.104. The Balaban J connectivity index is 3.04. The molecule has 0 N–H and O–H groups in total. The van der Waals surface area contributed by atoms with Gasteiger partial charge in [0.15, 0.2) is 0 Å². The summed E-state index contributed by atoms with van der Waals surface area (Å²) >= 11 is 3.20.